The van der Waals surface area contributed by atoms with E-state index in [0.717, 1.165) is 4.57 Å². The van der Waals surface area contributed by atoms with Gasteiger partial charge in [0.1, 0.15) is 12.3 Å². The van der Waals surface area contributed by atoms with Crippen molar-refractivity contribution in [2.45, 2.75) is 31.8 Å². The summed E-state index contributed by atoms with van der Waals surface area (Å²) >= 11 is 0. The second-order valence-electron chi connectivity index (χ2n) is 5.25. The lowest BCUT2D eigenvalue weighted by Gasteiger charge is -2.18. The number of aromatic nitrogens is 2. The van der Waals surface area contributed by atoms with Crippen LogP contribution in [0.1, 0.15) is 18.2 Å². The molecule has 25 heavy (non-hydrogen) atoms. The van der Waals surface area contributed by atoms with E-state index in [1.165, 1.54) is 13.1 Å². The minimum absolute atomic E-state index is 0.0888. The molecule has 4 atom stereocenters. The second-order valence-corrected chi connectivity index (χ2v) is 8.08. The van der Waals surface area contributed by atoms with Crippen LogP contribution >= 0.6 is 15.6 Å². The van der Waals surface area contributed by atoms with Crippen molar-refractivity contribution < 1.29 is 42.5 Å². The molecule has 1 aromatic rings. The summed E-state index contributed by atoms with van der Waals surface area (Å²) in [6.07, 6.45) is -2.22. The van der Waals surface area contributed by atoms with Crippen molar-refractivity contribution in [3.8, 4) is 0 Å². The molecule has 0 spiro atoms. The third kappa shape index (κ3) is 5.42. The van der Waals surface area contributed by atoms with Gasteiger partial charge in [-0.25, -0.2) is 13.9 Å². The number of hydrogen-bond acceptors (Lipinski definition) is 8. The average Bonchev–Trinajstić information content (AvgIpc) is 2.79. The van der Waals surface area contributed by atoms with Crippen molar-refractivity contribution in [2.24, 2.45) is 0 Å². The Balaban J connectivity index is 2.06. The lowest BCUT2D eigenvalue weighted by Crippen LogP contribution is -2.33. The monoisotopic (exact) mass is 402 g/mol. The number of H-pyrrole nitrogens is 1. The summed E-state index contributed by atoms with van der Waals surface area (Å²) < 4.78 is 36.3. The van der Waals surface area contributed by atoms with E-state index in [4.69, 9.17) is 14.5 Å². The summed E-state index contributed by atoms with van der Waals surface area (Å²) in [5, 5.41) is 9.91. The second kappa shape index (κ2) is 7.23. The van der Waals surface area contributed by atoms with Crippen LogP contribution < -0.4 is 11.2 Å². The van der Waals surface area contributed by atoms with Crippen LogP contribution in [0.25, 0.3) is 0 Å². The average molecular weight is 402 g/mol. The van der Waals surface area contributed by atoms with Crippen LogP contribution in [0, 0.1) is 6.92 Å². The molecule has 5 N–H and O–H groups in total. The van der Waals surface area contributed by atoms with Crippen LogP contribution in [0.5, 0.6) is 0 Å². The third-order valence-electron chi connectivity index (χ3n) is 3.27. The highest BCUT2D eigenvalue weighted by atomic mass is 31.3. The number of aliphatic hydroxyl groups is 1. The van der Waals surface area contributed by atoms with E-state index < -0.39 is 51.9 Å². The first-order valence-corrected chi connectivity index (χ1v) is 9.80. The van der Waals surface area contributed by atoms with Crippen LogP contribution in [0.15, 0.2) is 15.8 Å². The standard InChI is InChI=1S/C10H16N2O11P2/c1-5-3-12(10(15)11-9(5)14)8-2-6(13)7(22-8)4-21-25(19,20)23-24(16,17)18/h3,6-8,13H,2,4H2,1H3,(H,19,20)(H,11,14,15)(H2,16,17,18)/t6-,7+,8?/m0/s1. The topological polar surface area (TPSA) is 198 Å². The van der Waals surface area contributed by atoms with E-state index in [1.54, 1.807) is 0 Å². The van der Waals surface area contributed by atoms with Crippen LogP contribution in [0.4, 0.5) is 0 Å². The molecule has 0 amide bonds. The molecule has 1 aromatic heterocycles. The fourth-order valence-corrected chi connectivity index (χ4v) is 3.76. The van der Waals surface area contributed by atoms with E-state index in [9.17, 15) is 28.7 Å². The van der Waals surface area contributed by atoms with Gasteiger partial charge in [-0.3, -0.25) is 18.9 Å². The highest BCUT2D eigenvalue weighted by Gasteiger charge is 2.39. The number of phosphoric ester groups is 1. The van der Waals surface area contributed by atoms with Gasteiger partial charge in [-0.2, -0.15) is 4.31 Å². The molecule has 0 radical (unpaired) electrons. The Labute approximate surface area is 139 Å². The molecule has 0 aromatic carbocycles. The maximum absolute atomic E-state index is 11.8. The van der Waals surface area contributed by atoms with Crippen molar-refractivity contribution in [1.29, 1.82) is 0 Å². The smallest absolute Gasteiger partial charge is 0.390 e. The molecule has 1 fully saturated rings. The molecule has 142 valence electrons. The molecular weight excluding hydrogens is 386 g/mol. The van der Waals surface area contributed by atoms with Crippen LogP contribution in [-0.4, -0.2) is 48.2 Å². The SMILES string of the molecule is Cc1cn(C2C[C@H](O)[C@@H](COP(=O)(O)OP(=O)(O)O)O2)c(=O)[nH]c1=O. The number of phosphoric acid groups is 2. The van der Waals surface area contributed by atoms with Gasteiger partial charge in [-0.15, -0.1) is 0 Å². The Hall–Kier alpha value is -1.14. The molecule has 15 heteroatoms. The first-order valence-electron chi connectivity index (χ1n) is 6.78. The molecule has 0 saturated carbocycles. The van der Waals surface area contributed by atoms with Crippen LogP contribution in [0.2, 0.25) is 0 Å². The van der Waals surface area contributed by atoms with E-state index >= 15 is 0 Å². The minimum atomic E-state index is -5.26. The molecule has 1 saturated heterocycles. The van der Waals surface area contributed by atoms with E-state index in [2.05, 4.69) is 13.8 Å². The summed E-state index contributed by atoms with van der Waals surface area (Å²) in [4.78, 5) is 51.4. The van der Waals surface area contributed by atoms with Crippen molar-refractivity contribution in [3.63, 3.8) is 0 Å². The van der Waals surface area contributed by atoms with Crippen molar-refractivity contribution in [1.82, 2.24) is 9.55 Å². The number of rotatable bonds is 6. The summed E-state index contributed by atoms with van der Waals surface area (Å²) in [5.41, 5.74) is -1.12. The predicted octanol–water partition coefficient (Wildman–Crippen LogP) is -1.28. The van der Waals surface area contributed by atoms with Gasteiger partial charge in [0.05, 0.1) is 12.7 Å². The van der Waals surface area contributed by atoms with Crippen molar-refractivity contribution in [3.05, 3.63) is 32.6 Å². The van der Waals surface area contributed by atoms with Crippen molar-refractivity contribution in [2.75, 3.05) is 6.61 Å². The highest BCUT2D eigenvalue weighted by Crippen LogP contribution is 2.57. The highest BCUT2D eigenvalue weighted by molar-refractivity contribution is 7.60. The van der Waals surface area contributed by atoms with Gasteiger partial charge in [0.2, 0.25) is 0 Å². The van der Waals surface area contributed by atoms with Gasteiger partial charge < -0.3 is 24.5 Å². The Morgan fingerprint density at radius 1 is 1.36 bits per heavy atom. The number of nitrogens with zero attached hydrogens (tertiary/aromatic N) is 1. The minimum Gasteiger partial charge on any atom is -0.390 e. The van der Waals surface area contributed by atoms with Gasteiger partial charge in [-0.05, 0) is 6.92 Å². The number of hydrogen-bond donors (Lipinski definition) is 5. The maximum Gasteiger partial charge on any atom is 0.481 e. The molecule has 13 nitrogen and oxygen atoms in total. The molecule has 2 unspecified atom stereocenters. The summed E-state index contributed by atoms with van der Waals surface area (Å²) in [7, 11) is -10.3. The number of ether oxygens (including phenoxy) is 1. The number of aryl methyl sites for hydroxylation is 1. The summed E-state index contributed by atoms with van der Waals surface area (Å²) in [6.45, 7) is 0.727. The Bertz CT molecular complexity index is 842. The normalized spacial score (nSPS) is 26.5. The Morgan fingerprint density at radius 2 is 2.00 bits per heavy atom. The quantitative estimate of drug-likeness (QED) is 0.355. The number of aliphatic hydroxyl groups excluding tert-OH is 1. The van der Waals surface area contributed by atoms with Gasteiger partial charge in [0.25, 0.3) is 5.56 Å². The fraction of sp³-hybridized carbons (Fsp3) is 0.600. The van der Waals surface area contributed by atoms with Crippen molar-refractivity contribution >= 4 is 15.6 Å². The molecular formula is C10H16N2O11P2. The predicted molar refractivity (Wildman–Crippen MR) is 79.5 cm³/mol. The molecule has 2 rings (SSSR count). The Kier molecular flexibility index (Phi) is 5.84. The van der Waals surface area contributed by atoms with Gasteiger partial charge in [0, 0.05) is 18.2 Å². The zero-order valence-corrected chi connectivity index (χ0v) is 14.5. The number of nitrogens with one attached hydrogen (secondary N) is 1. The molecule has 1 aliphatic rings. The van der Waals surface area contributed by atoms with E-state index in [0.29, 0.717) is 0 Å². The molecule has 2 heterocycles. The molecule has 0 aliphatic carbocycles. The lowest BCUT2D eigenvalue weighted by atomic mass is 10.2. The van der Waals surface area contributed by atoms with Gasteiger partial charge in [0.15, 0.2) is 0 Å². The Morgan fingerprint density at radius 3 is 2.60 bits per heavy atom. The fourth-order valence-electron chi connectivity index (χ4n) is 2.16. The summed E-state index contributed by atoms with van der Waals surface area (Å²) in [5.74, 6) is 0. The molecule has 0 bridgehead atoms. The maximum atomic E-state index is 11.8. The summed E-state index contributed by atoms with van der Waals surface area (Å²) in [6, 6.07) is 0. The zero-order chi connectivity index (χ0) is 19.0. The number of aromatic amines is 1. The van der Waals surface area contributed by atoms with Gasteiger partial charge >= 0.3 is 21.3 Å². The largest absolute Gasteiger partial charge is 0.481 e. The zero-order valence-electron chi connectivity index (χ0n) is 12.7. The third-order valence-corrected chi connectivity index (χ3v) is 5.42. The van der Waals surface area contributed by atoms with Crippen LogP contribution in [0.3, 0.4) is 0 Å². The van der Waals surface area contributed by atoms with E-state index in [1.807, 2.05) is 0 Å². The molecule has 1 aliphatic heterocycles. The van der Waals surface area contributed by atoms with Crippen LogP contribution in [-0.2, 0) is 22.7 Å². The van der Waals surface area contributed by atoms with Gasteiger partial charge in [-0.1, -0.05) is 0 Å². The first kappa shape index (κ1) is 20.2. The lowest BCUT2D eigenvalue weighted by molar-refractivity contribution is -0.0450. The van der Waals surface area contributed by atoms with E-state index in [-0.39, 0.29) is 12.0 Å². The first-order chi connectivity index (χ1) is 11.4.